The van der Waals surface area contributed by atoms with Crippen LogP contribution in [0.1, 0.15) is 116 Å². The summed E-state index contributed by atoms with van der Waals surface area (Å²) in [6.45, 7) is 9.59. The lowest BCUT2D eigenvalue weighted by Gasteiger charge is -2.20. The summed E-state index contributed by atoms with van der Waals surface area (Å²) in [5.74, 6) is 0. The summed E-state index contributed by atoms with van der Waals surface area (Å²) in [5.41, 5.74) is 5.23. The minimum Gasteiger partial charge on any atom is -0.372 e. The Bertz CT molecular complexity index is 611. The van der Waals surface area contributed by atoms with Crippen molar-refractivity contribution in [3.05, 3.63) is 29.8 Å². The fourth-order valence-electron chi connectivity index (χ4n) is 4.09. The number of nitrogens with zero attached hydrogens (tertiary/aromatic N) is 2. The van der Waals surface area contributed by atoms with E-state index in [1.807, 2.05) is 6.21 Å². The quantitative estimate of drug-likeness (QED) is 0.0874. The summed E-state index contributed by atoms with van der Waals surface area (Å²) >= 11 is 5.31. The average Bonchev–Trinajstić information content (AvgIpc) is 2.83. The monoisotopic (exact) mass is 474 g/mol. The highest BCUT2D eigenvalue weighted by atomic mass is 32.1. The van der Waals surface area contributed by atoms with Crippen LogP contribution in [0.3, 0.4) is 0 Å². The molecule has 1 aromatic rings. The van der Waals surface area contributed by atoms with Crippen LogP contribution in [0.5, 0.6) is 0 Å². The van der Waals surface area contributed by atoms with E-state index in [-0.39, 0.29) is 0 Å². The summed E-state index contributed by atoms with van der Waals surface area (Å²) < 4.78 is 0. The van der Waals surface area contributed by atoms with Gasteiger partial charge in [0, 0.05) is 25.3 Å². The number of thiocarbonyl (C=S) groups is 1. The van der Waals surface area contributed by atoms with Crippen LogP contribution in [0.2, 0.25) is 0 Å². The third-order valence-corrected chi connectivity index (χ3v) is 6.45. The molecule has 4 nitrogen and oxygen atoms in total. The number of unbranched alkanes of at least 4 members (excludes halogenated alkanes) is 13. The van der Waals surface area contributed by atoms with Crippen LogP contribution in [0, 0.1) is 0 Å². The first-order valence-corrected chi connectivity index (χ1v) is 14.0. The van der Waals surface area contributed by atoms with E-state index >= 15 is 0 Å². The Morgan fingerprint density at radius 1 is 0.758 bits per heavy atom. The summed E-state index contributed by atoms with van der Waals surface area (Å²) in [7, 11) is 0. The van der Waals surface area contributed by atoms with Gasteiger partial charge in [-0.15, -0.1) is 0 Å². The molecule has 1 rings (SSSR count). The van der Waals surface area contributed by atoms with Gasteiger partial charge in [-0.05, 0) is 50.2 Å². The van der Waals surface area contributed by atoms with Crippen LogP contribution in [0.15, 0.2) is 29.4 Å². The topological polar surface area (TPSA) is 39.7 Å². The van der Waals surface area contributed by atoms with Crippen LogP contribution in [0.25, 0.3) is 0 Å². The molecular formula is C28H50N4S. The van der Waals surface area contributed by atoms with E-state index in [1.54, 1.807) is 0 Å². The van der Waals surface area contributed by atoms with Crippen molar-refractivity contribution in [2.75, 3.05) is 24.5 Å². The van der Waals surface area contributed by atoms with Crippen molar-refractivity contribution in [2.24, 2.45) is 5.10 Å². The van der Waals surface area contributed by atoms with Gasteiger partial charge in [0.15, 0.2) is 5.11 Å². The maximum Gasteiger partial charge on any atom is 0.186 e. The first kappa shape index (κ1) is 29.4. The molecular weight excluding hydrogens is 424 g/mol. The van der Waals surface area contributed by atoms with Gasteiger partial charge < -0.3 is 10.2 Å². The number of hydrogen-bond acceptors (Lipinski definition) is 3. The highest BCUT2D eigenvalue weighted by Crippen LogP contribution is 2.14. The van der Waals surface area contributed by atoms with Crippen LogP contribution in [-0.2, 0) is 0 Å². The molecule has 0 atom stereocenters. The zero-order valence-electron chi connectivity index (χ0n) is 21.7. The molecule has 0 amide bonds. The number of anilines is 1. The number of benzene rings is 1. The fourth-order valence-corrected chi connectivity index (χ4v) is 4.24. The van der Waals surface area contributed by atoms with Crippen molar-refractivity contribution >= 4 is 29.2 Å². The third-order valence-electron chi connectivity index (χ3n) is 6.22. The molecule has 0 fully saturated rings. The Kier molecular flexibility index (Phi) is 18.7. The Morgan fingerprint density at radius 3 is 1.73 bits per heavy atom. The minimum absolute atomic E-state index is 0.598. The van der Waals surface area contributed by atoms with Crippen molar-refractivity contribution in [3.63, 3.8) is 0 Å². The third kappa shape index (κ3) is 15.8. The molecule has 0 aliphatic rings. The fraction of sp³-hybridized carbons (Fsp3) is 0.714. The molecule has 0 unspecified atom stereocenters. The van der Waals surface area contributed by atoms with E-state index in [2.05, 4.69) is 65.8 Å². The lowest BCUT2D eigenvalue weighted by molar-refractivity contribution is 0.535. The number of hydrazone groups is 1. The molecule has 188 valence electrons. The molecule has 0 heterocycles. The SMILES string of the molecule is CCCCCCCCCCCCCCCCNC(=S)N/N=C\c1ccc(N(CC)CC)cc1. The van der Waals surface area contributed by atoms with E-state index in [0.717, 1.165) is 31.6 Å². The maximum atomic E-state index is 5.31. The van der Waals surface area contributed by atoms with Crippen molar-refractivity contribution in [1.29, 1.82) is 0 Å². The maximum absolute atomic E-state index is 5.31. The zero-order chi connectivity index (χ0) is 24.0. The van der Waals surface area contributed by atoms with Gasteiger partial charge in [0.1, 0.15) is 0 Å². The predicted molar refractivity (Wildman–Crippen MR) is 152 cm³/mol. The molecule has 33 heavy (non-hydrogen) atoms. The molecule has 0 aliphatic carbocycles. The summed E-state index contributed by atoms with van der Waals surface area (Å²) in [6, 6.07) is 8.45. The Morgan fingerprint density at radius 2 is 1.24 bits per heavy atom. The largest absolute Gasteiger partial charge is 0.372 e. The van der Waals surface area contributed by atoms with Gasteiger partial charge in [0.2, 0.25) is 0 Å². The molecule has 0 saturated carbocycles. The van der Waals surface area contributed by atoms with Gasteiger partial charge in [-0.2, -0.15) is 5.10 Å². The van der Waals surface area contributed by atoms with Crippen LogP contribution >= 0.6 is 12.2 Å². The lowest BCUT2D eigenvalue weighted by Crippen LogP contribution is -2.32. The van der Waals surface area contributed by atoms with Gasteiger partial charge in [-0.1, -0.05) is 103 Å². The predicted octanol–water partition coefficient (Wildman–Crippen LogP) is 7.81. The highest BCUT2D eigenvalue weighted by molar-refractivity contribution is 7.80. The second kappa shape index (κ2) is 20.9. The lowest BCUT2D eigenvalue weighted by atomic mass is 10.0. The molecule has 0 radical (unpaired) electrons. The van der Waals surface area contributed by atoms with E-state index < -0.39 is 0 Å². The van der Waals surface area contributed by atoms with E-state index in [0.29, 0.717) is 5.11 Å². The minimum atomic E-state index is 0.598. The Hall–Kier alpha value is -1.62. The van der Waals surface area contributed by atoms with Gasteiger partial charge in [0.25, 0.3) is 0 Å². The molecule has 0 aliphatic heterocycles. The number of rotatable bonds is 20. The summed E-state index contributed by atoms with van der Waals surface area (Å²) in [6.07, 6.45) is 21.2. The average molecular weight is 475 g/mol. The zero-order valence-corrected chi connectivity index (χ0v) is 22.5. The molecule has 0 saturated heterocycles. The second-order valence-corrected chi connectivity index (χ2v) is 9.39. The second-order valence-electron chi connectivity index (χ2n) is 8.99. The van der Waals surface area contributed by atoms with Gasteiger partial charge in [0.05, 0.1) is 6.21 Å². The highest BCUT2D eigenvalue weighted by Gasteiger charge is 2.00. The molecule has 0 spiro atoms. The smallest absolute Gasteiger partial charge is 0.186 e. The van der Waals surface area contributed by atoms with E-state index in [4.69, 9.17) is 12.2 Å². The van der Waals surface area contributed by atoms with Crippen LogP contribution < -0.4 is 15.6 Å². The number of hydrogen-bond donors (Lipinski definition) is 2. The number of nitrogens with one attached hydrogen (secondary N) is 2. The normalized spacial score (nSPS) is 11.1. The Labute approximate surface area is 210 Å². The molecule has 2 N–H and O–H groups in total. The molecule has 1 aromatic carbocycles. The van der Waals surface area contributed by atoms with E-state index in [1.165, 1.54) is 89.2 Å². The molecule has 0 bridgehead atoms. The first-order valence-electron chi connectivity index (χ1n) is 13.6. The van der Waals surface area contributed by atoms with Crippen molar-refractivity contribution in [3.8, 4) is 0 Å². The van der Waals surface area contributed by atoms with Crippen molar-refractivity contribution in [1.82, 2.24) is 10.7 Å². The standard InChI is InChI=1S/C28H50N4S/c1-4-7-8-9-10-11-12-13-14-15-16-17-18-19-24-29-28(33)31-30-25-26-20-22-27(23-21-26)32(5-2)6-3/h20-23,25H,4-19,24H2,1-3H3,(H2,29,31,33)/b30-25-. The Balaban J connectivity index is 1.95. The van der Waals surface area contributed by atoms with Crippen molar-refractivity contribution in [2.45, 2.75) is 111 Å². The molecule has 5 heteroatoms. The first-order chi connectivity index (χ1) is 16.2. The molecule has 0 aromatic heterocycles. The van der Waals surface area contributed by atoms with Crippen LogP contribution in [-0.4, -0.2) is 31.0 Å². The summed E-state index contributed by atoms with van der Waals surface area (Å²) in [4.78, 5) is 2.33. The van der Waals surface area contributed by atoms with Gasteiger partial charge in [-0.25, -0.2) is 0 Å². The van der Waals surface area contributed by atoms with Crippen LogP contribution in [0.4, 0.5) is 5.69 Å². The van der Waals surface area contributed by atoms with E-state index in [9.17, 15) is 0 Å². The summed E-state index contributed by atoms with van der Waals surface area (Å²) in [5, 5.41) is 8.10. The van der Waals surface area contributed by atoms with Crippen molar-refractivity contribution < 1.29 is 0 Å². The van der Waals surface area contributed by atoms with Gasteiger partial charge >= 0.3 is 0 Å². The van der Waals surface area contributed by atoms with Gasteiger partial charge in [-0.3, -0.25) is 5.43 Å².